The molecule has 2 fully saturated rings. The highest BCUT2D eigenvalue weighted by Gasteiger charge is 2.31. The highest BCUT2D eigenvalue weighted by Crippen LogP contribution is 2.29. The Morgan fingerprint density at radius 3 is 2.55 bits per heavy atom. The van der Waals surface area contributed by atoms with E-state index < -0.39 is 5.97 Å². The van der Waals surface area contributed by atoms with Crippen LogP contribution in [-0.2, 0) is 4.79 Å². The molecular weight excluding hydrogens is 252 g/mol. The molecule has 2 aliphatic rings. The minimum Gasteiger partial charge on any atom is -0.481 e. The fourth-order valence-electron chi connectivity index (χ4n) is 3.88. The van der Waals surface area contributed by atoms with Crippen molar-refractivity contribution in [3.05, 3.63) is 0 Å². The third-order valence-electron chi connectivity index (χ3n) is 5.31. The van der Waals surface area contributed by atoms with E-state index in [1.807, 2.05) is 0 Å². The quantitative estimate of drug-likeness (QED) is 0.840. The standard InChI is InChI=1S/C16H30N2O2/c1-3-17-9-6-15(7-10-17)18-8-4-5-14(12-18)13(2)11-16(19)20/h13-15H,3-12H2,1-2H3,(H,19,20). The van der Waals surface area contributed by atoms with Crippen molar-refractivity contribution in [3.8, 4) is 0 Å². The summed E-state index contributed by atoms with van der Waals surface area (Å²) in [6.45, 7) is 10.3. The van der Waals surface area contributed by atoms with Crippen molar-refractivity contribution in [1.29, 1.82) is 0 Å². The number of rotatable bonds is 5. The van der Waals surface area contributed by atoms with Crippen LogP contribution in [0.3, 0.4) is 0 Å². The molecule has 20 heavy (non-hydrogen) atoms. The second-order valence-corrected chi connectivity index (χ2v) is 6.64. The summed E-state index contributed by atoms with van der Waals surface area (Å²) in [5.74, 6) is 0.237. The molecule has 4 nitrogen and oxygen atoms in total. The second kappa shape index (κ2) is 7.41. The Hall–Kier alpha value is -0.610. The predicted molar refractivity (Wildman–Crippen MR) is 80.8 cm³/mol. The van der Waals surface area contributed by atoms with E-state index in [4.69, 9.17) is 5.11 Å². The maximum atomic E-state index is 10.9. The van der Waals surface area contributed by atoms with Crippen LogP contribution in [-0.4, -0.2) is 59.6 Å². The summed E-state index contributed by atoms with van der Waals surface area (Å²) < 4.78 is 0. The van der Waals surface area contributed by atoms with Gasteiger partial charge in [-0.1, -0.05) is 13.8 Å². The van der Waals surface area contributed by atoms with E-state index in [-0.39, 0.29) is 0 Å². The molecule has 2 atom stereocenters. The molecule has 1 N–H and O–H groups in total. The summed E-state index contributed by atoms with van der Waals surface area (Å²) in [7, 11) is 0. The molecule has 0 saturated carbocycles. The molecule has 0 spiro atoms. The van der Waals surface area contributed by atoms with Crippen molar-refractivity contribution in [2.24, 2.45) is 11.8 Å². The Balaban J connectivity index is 1.82. The van der Waals surface area contributed by atoms with Crippen LogP contribution in [0.5, 0.6) is 0 Å². The number of carbonyl (C=O) groups is 1. The fourth-order valence-corrected chi connectivity index (χ4v) is 3.88. The van der Waals surface area contributed by atoms with Gasteiger partial charge in [0.2, 0.25) is 0 Å². The largest absolute Gasteiger partial charge is 0.481 e. The fraction of sp³-hybridized carbons (Fsp3) is 0.938. The summed E-state index contributed by atoms with van der Waals surface area (Å²) >= 11 is 0. The number of carboxylic acid groups (broad SMARTS) is 1. The summed E-state index contributed by atoms with van der Waals surface area (Å²) in [4.78, 5) is 16.1. The van der Waals surface area contributed by atoms with Crippen LogP contribution < -0.4 is 0 Å². The minimum atomic E-state index is -0.647. The molecule has 0 aromatic heterocycles. The first-order chi connectivity index (χ1) is 9.60. The molecule has 116 valence electrons. The van der Waals surface area contributed by atoms with Gasteiger partial charge in [0.05, 0.1) is 0 Å². The SMILES string of the molecule is CCN1CCC(N2CCCC(C(C)CC(=O)O)C2)CC1. The first-order valence-electron chi connectivity index (χ1n) is 8.28. The van der Waals surface area contributed by atoms with Gasteiger partial charge in [-0.15, -0.1) is 0 Å². The van der Waals surface area contributed by atoms with Crippen LogP contribution >= 0.6 is 0 Å². The van der Waals surface area contributed by atoms with Gasteiger partial charge in [0.25, 0.3) is 0 Å². The van der Waals surface area contributed by atoms with Gasteiger partial charge in [-0.05, 0) is 63.7 Å². The van der Waals surface area contributed by atoms with Gasteiger partial charge in [0, 0.05) is 19.0 Å². The van der Waals surface area contributed by atoms with Crippen LogP contribution in [0.4, 0.5) is 0 Å². The lowest BCUT2D eigenvalue weighted by Gasteiger charge is -2.43. The van der Waals surface area contributed by atoms with Gasteiger partial charge in [-0.3, -0.25) is 4.79 Å². The second-order valence-electron chi connectivity index (χ2n) is 6.64. The number of aliphatic carboxylic acids is 1. The lowest BCUT2D eigenvalue weighted by molar-refractivity contribution is -0.138. The Morgan fingerprint density at radius 2 is 1.95 bits per heavy atom. The summed E-state index contributed by atoms with van der Waals surface area (Å²) in [5.41, 5.74) is 0. The van der Waals surface area contributed by atoms with Gasteiger partial charge in [-0.25, -0.2) is 0 Å². The zero-order chi connectivity index (χ0) is 14.5. The lowest BCUT2D eigenvalue weighted by atomic mass is 9.83. The van der Waals surface area contributed by atoms with Crippen LogP contribution in [0.1, 0.15) is 46.0 Å². The summed E-state index contributed by atoms with van der Waals surface area (Å²) in [6, 6.07) is 0.734. The Bertz CT molecular complexity index is 314. The van der Waals surface area contributed by atoms with Gasteiger partial charge in [0.1, 0.15) is 0 Å². The lowest BCUT2D eigenvalue weighted by Crippen LogP contribution is -2.49. The Kier molecular flexibility index (Phi) is 5.85. The topological polar surface area (TPSA) is 43.8 Å². The van der Waals surface area contributed by atoms with Crippen molar-refractivity contribution in [2.75, 3.05) is 32.7 Å². The Labute approximate surface area is 123 Å². The molecule has 2 saturated heterocycles. The number of nitrogens with zero attached hydrogens (tertiary/aromatic N) is 2. The minimum absolute atomic E-state index is 0.311. The van der Waals surface area contributed by atoms with Gasteiger partial charge in [-0.2, -0.15) is 0 Å². The van der Waals surface area contributed by atoms with Crippen LogP contribution in [0.15, 0.2) is 0 Å². The number of carboxylic acids is 1. The van der Waals surface area contributed by atoms with E-state index >= 15 is 0 Å². The first kappa shape index (κ1) is 15.8. The third kappa shape index (κ3) is 4.19. The van der Waals surface area contributed by atoms with E-state index in [1.54, 1.807) is 0 Å². The normalized spacial score (nSPS) is 28.4. The van der Waals surface area contributed by atoms with Gasteiger partial charge >= 0.3 is 5.97 Å². The average molecular weight is 282 g/mol. The summed E-state index contributed by atoms with van der Waals surface area (Å²) in [5, 5.41) is 8.97. The van der Waals surface area contributed by atoms with Crippen molar-refractivity contribution in [3.63, 3.8) is 0 Å². The molecule has 0 aromatic carbocycles. The van der Waals surface area contributed by atoms with Gasteiger partial charge < -0.3 is 14.9 Å². The zero-order valence-electron chi connectivity index (χ0n) is 13.1. The molecule has 0 aromatic rings. The molecule has 0 amide bonds. The smallest absolute Gasteiger partial charge is 0.303 e. The van der Waals surface area contributed by atoms with E-state index in [9.17, 15) is 4.79 Å². The molecule has 0 bridgehead atoms. The molecule has 0 aliphatic carbocycles. The number of hydrogen-bond donors (Lipinski definition) is 1. The van der Waals surface area contributed by atoms with E-state index in [0.717, 1.165) is 12.6 Å². The van der Waals surface area contributed by atoms with E-state index in [0.29, 0.717) is 18.3 Å². The summed E-state index contributed by atoms with van der Waals surface area (Å²) in [6.07, 6.45) is 5.34. The molecular formula is C16H30N2O2. The van der Waals surface area contributed by atoms with Gasteiger partial charge in [0.15, 0.2) is 0 Å². The molecule has 0 radical (unpaired) electrons. The highest BCUT2D eigenvalue weighted by atomic mass is 16.4. The average Bonchev–Trinajstić information content (AvgIpc) is 2.47. The zero-order valence-corrected chi connectivity index (χ0v) is 13.1. The first-order valence-corrected chi connectivity index (χ1v) is 8.28. The molecule has 2 rings (SSSR count). The Morgan fingerprint density at radius 1 is 1.25 bits per heavy atom. The predicted octanol–water partition coefficient (Wildman–Crippen LogP) is 2.29. The number of likely N-dealkylation sites (tertiary alicyclic amines) is 2. The molecule has 2 unspecified atom stereocenters. The third-order valence-corrected chi connectivity index (χ3v) is 5.31. The molecule has 4 heteroatoms. The molecule has 2 heterocycles. The van der Waals surface area contributed by atoms with E-state index in [1.165, 1.54) is 51.9 Å². The van der Waals surface area contributed by atoms with Crippen LogP contribution in [0.2, 0.25) is 0 Å². The van der Waals surface area contributed by atoms with Crippen LogP contribution in [0, 0.1) is 11.8 Å². The van der Waals surface area contributed by atoms with Crippen molar-refractivity contribution in [2.45, 2.75) is 52.0 Å². The number of hydrogen-bond acceptors (Lipinski definition) is 3. The molecule has 2 aliphatic heterocycles. The van der Waals surface area contributed by atoms with Crippen molar-refractivity contribution in [1.82, 2.24) is 9.80 Å². The number of piperidine rings is 2. The van der Waals surface area contributed by atoms with Crippen molar-refractivity contribution < 1.29 is 9.90 Å². The highest BCUT2D eigenvalue weighted by molar-refractivity contribution is 5.67. The maximum absolute atomic E-state index is 10.9. The van der Waals surface area contributed by atoms with Crippen LogP contribution in [0.25, 0.3) is 0 Å². The van der Waals surface area contributed by atoms with Crippen molar-refractivity contribution >= 4 is 5.97 Å². The monoisotopic (exact) mass is 282 g/mol. The van der Waals surface area contributed by atoms with E-state index in [2.05, 4.69) is 23.6 Å². The maximum Gasteiger partial charge on any atom is 0.303 e.